The summed E-state index contributed by atoms with van der Waals surface area (Å²) in [6, 6.07) is 5.89. The molecule has 0 saturated carbocycles. The van der Waals surface area contributed by atoms with Crippen LogP contribution in [0, 0.1) is 13.8 Å². The number of anilines is 1. The van der Waals surface area contributed by atoms with Gasteiger partial charge in [0.15, 0.2) is 5.82 Å². The van der Waals surface area contributed by atoms with Crippen LogP contribution in [0.15, 0.2) is 24.5 Å². The van der Waals surface area contributed by atoms with E-state index in [1.54, 1.807) is 6.20 Å². The van der Waals surface area contributed by atoms with Gasteiger partial charge in [-0.3, -0.25) is 4.98 Å². The van der Waals surface area contributed by atoms with Gasteiger partial charge in [0.2, 0.25) is 0 Å². The molecule has 0 radical (unpaired) electrons. The molecule has 1 N–H and O–H groups in total. The van der Waals surface area contributed by atoms with E-state index in [1.807, 2.05) is 18.3 Å². The van der Waals surface area contributed by atoms with Crippen molar-refractivity contribution in [2.45, 2.75) is 57.7 Å². The highest BCUT2D eigenvalue weighted by Gasteiger charge is 2.38. The van der Waals surface area contributed by atoms with E-state index in [0.29, 0.717) is 6.04 Å². The second-order valence-corrected chi connectivity index (χ2v) is 7.21. The SMILES string of the molecule is Cc1nc(-c2cccnc2)nc(NC2CC3CCC(C2)N3C)c1C. The number of aryl methyl sites for hydroxylation is 1. The van der Waals surface area contributed by atoms with Gasteiger partial charge in [0.25, 0.3) is 0 Å². The first-order valence-electron chi connectivity index (χ1n) is 8.86. The first-order chi connectivity index (χ1) is 11.6. The van der Waals surface area contributed by atoms with Gasteiger partial charge in [0, 0.05) is 47.3 Å². The molecule has 2 aliphatic heterocycles. The second-order valence-electron chi connectivity index (χ2n) is 7.21. The number of nitrogens with zero attached hydrogens (tertiary/aromatic N) is 4. The minimum absolute atomic E-state index is 0.508. The van der Waals surface area contributed by atoms with Crippen molar-refractivity contribution in [1.29, 1.82) is 0 Å². The number of fused-ring (bicyclic) bond motifs is 2. The smallest absolute Gasteiger partial charge is 0.163 e. The molecular formula is C19H25N5. The number of aromatic nitrogens is 3. The van der Waals surface area contributed by atoms with Crippen molar-refractivity contribution in [2.24, 2.45) is 0 Å². The first-order valence-corrected chi connectivity index (χ1v) is 8.86. The molecule has 5 heteroatoms. The average Bonchev–Trinajstić information content (AvgIpc) is 2.81. The Morgan fingerprint density at radius 3 is 2.54 bits per heavy atom. The first kappa shape index (κ1) is 15.5. The molecule has 2 aliphatic rings. The fraction of sp³-hybridized carbons (Fsp3) is 0.526. The van der Waals surface area contributed by atoms with Gasteiger partial charge in [0.1, 0.15) is 5.82 Å². The minimum Gasteiger partial charge on any atom is -0.367 e. The summed E-state index contributed by atoms with van der Waals surface area (Å²) in [5, 5.41) is 3.72. The number of hydrogen-bond acceptors (Lipinski definition) is 5. The maximum absolute atomic E-state index is 4.81. The zero-order valence-corrected chi connectivity index (χ0v) is 14.7. The molecule has 2 unspecified atom stereocenters. The van der Waals surface area contributed by atoms with E-state index in [-0.39, 0.29) is 0 Å². The third kappa shape index (κ3) is 2.77. The predicted molar refractivity (Wildman–Crippen MR) is 96.0 cm³/mol. The summed E-state index contributed by atoms with van der Waals surface area (Å²) in [5.41, 5.74) is 3.14. The van der Waals surface area contributed by atoms with Gasteiger partial charge in [0.05, 0.1) is 0 Å². The van der Waals surface area contributed by atoms with Crippen LogP contribution >= 0.6 is 0 Å². The van der Waals surface area contributed by atoms with Crippen molar-refractivity contribution in [3.8, 4) is 11.4 Å². The average molecular weight is 323 g/mol. The zero-order chi connectivity index (χ0) is 16.7. The fourth-order valence-corrected chi connectivity index (χ4v) is 4.12. The van der Waals surface area contributed by atoms with E-state index < -0.39 is 0 Å². The van der Waals surface area contributed by atoms with Crippen LogP contribution in [0.25, 0.3) is 11.4 Å². The van der Waals surface area contributed by atoms with Crippen molar-refractivity contribution < 1.29 is 0 Å². The van der Waals surface area contributed by atoms with E-state index in [0.717, 1.165) is 40.5 Å². The van der Waals surface area contributed by atoms with Gasteiger partial charge in [-0.2, -0.15) is 0 Å². The molecule has 0 amide bonds. The van der Waals surface area contributed by atoms with Gasteiger partial charge in [-0.05, 0) is 58.7 Å². The van der Waals surface area contributed by atoms with Crippen LogP contribution in [-0.4, -0.2) is 45.0 Å². The van der Waals surface area contributed by atoms with Crippen LogP contribution in [0.1, 0.15) is 36.9 Å². The molecule has 4 heterocycles. The summed E-state index contributed by atoms with van der Waals surface area (Å²) in [6.07, 6.45) is 8.68. The Hall–Kier alpha value is -2.01. The molecule has 2 atom stereocenters. The van der Waals surface area contributed by atoms with Gasteiger partial charge in [-0.1, -0.05) is 0 Å². The Kier molecular flexibility index (Phi) is 3.96. The molecule has 2 aromatic heterocycles. The van der Waals surface area contributed by atoms with Crippen molar-refractivity contribution in [3.63, 3.8) is 0 Å². The largest absolute Gasteiger partial charge is 0.367 e. The molecule has 2 saturated heterocycles. The Morgan fingerprint density at radius 2 is 1.88 bits per heavy atom. The summed E-state index contributed by atoms with van der Waals surface area (Å²) < 4.78 is 0. The van der Waals surface area contributed by atoms with E-state index >= 15 is 0 Å². The van der Waals surface area contributed by atoms with Crippen LogP contribution in [0.2, 0.25) is 0 Å². The molecule has 5 nitrogen and oxygen atoms in total. The normalized spacial score (nSPS) is 26.5. The minimum atomic E-state index is 0.508. The maximum atomic E-state index is 4.81. The molecule has 2 fully saturated rings. The van der Waals surface area contributed by atoms with Crippen molar-refractivity contribution in [2.75, 3.05) is 12.4 Å². The van der Waals surface area contributed by atoms with Crippen LogP contribution in [0.5, 0.6) is 0 Å². The second kappa shape index (κ2) is 6.13. The van der Waals surface area contributed by atoms with E-state index in [2.05, 4.69) is 41.1 Å². The van der Waals surface area contributed by atoms with E-state index in [4.69, 9.17) is 4.98 Å². The van der Waals surface area contributed by atoms with Crippen molar-refractivity contribution in [3.05, 3.63) is 35.8 Å². The molecule has 24 heavy (non-hydrogen) atoms. The van der Waals surface area contributed by atoms with Crippen LogP contribution in [-0.2, 0) is 0 Å². The molecule has 0 spiro atoms. The van der Waals surface area contributed by atoms with Gasteiger partial charge >= 0.3 is 0 Å². The number of pyridine rings is 1. The summed E-state index contributed by atoms with van der Waals surface area (Å²) in [4.78, 5) is 16.2. The standard InChI is InChI=1S/C19H25N5/c1-12-13(2)21-19(14-5-4-8-20-11-14)23-18(12)22-15-9-16-6-7-17(10-15)24(16)3/h4-5,8,11,15-17H,6-7,9-10H2,1-3H3,(H,21,22,23). The lowest BCUT2D eigenvalue weighted by Crippen LogP contribution is -2.44. The number of nitrogens with one attached hydrogen (secondary N) is 1. The van der Waals surface area contributed by atoms with Gasteiger partial charge < -0.3 is 10.2 Å². The molecule has 4 rings (SSSR count). The summed E-state index contributed by atoms with van der Waals surface area (Å²) in [7, 11) is 2.28. The molecule has 0 aromatic carbocycles. The number of rotatable bonds is 3. The quantitative estimate of drug-likeness (QED) is 0.940. The maximum Gasteiger partial charge on any atom is 0.163 e. The zero-order valence-electron chi connectivity index (χ0n) is 14.7. The summed E-state index contributed by atoms with van der Waals surface area (Å²) >= 11 is 0. The lowest BCUT2D eigenvalue weighted by Gasteiger charge is -2.37. The molecule has 2 bridgehead atoms. The highest BCUT2D eigenvalue weighted by molar-refractivity contribution is 5.58. The van der Waals surface area contributed by atoms with Gasteiger partial charge in [-0.25, -0.2) is 9.97 Å². The molecule has 2 aromatic rings. The van der Waals surface area contributed by atoms with E-state index in [1.165, 1.54) is 25.7 Å². The Labute approximate surface area is 143 Å². The van der Waals surface area contributed by atoms with Crippen LogP contribution in [0.3, 0.4) is 0 Å². The topological polar surface area (TPSA) is 53.9 Å². The van der Waals surface area contributed by atoms with Crippen LogP contribution in [0.4, 0.5) is 5.82 Å². The Bertz CT molecular complexity index is 716. The third-order valence-electron chi connectivity index (χ3n) is 5.75. The Morgan fingerprint density at radius 1 is 1.12 bits per heavy atom. The highest BCUT2D eigenvalue weighted by Crippen LogP contribution is 2.35. The fourth-order valence-electron chi connectivity index (χ4n) is 4.12. The highest BCUT2D eigenvalue weighted by atomic mass is 15.2. The third-order valence-corrected chi connectivity index (χ3v) is 5.75. The predicted octanol–water partition coefficient (Wildman–Crippen LogP) is 3.19. The summed E-state index contributed by atoms with van der Waals surface area (Å²) in [5.74, 6) is 1.74. The summed E-state index contributed by atoms with van der Waals surface area (Å²) in [6.45, 7) is 4.16. The lowest BCUT2D eigenvalue weighted by atomic mass is 9.98. The number of piperidine rings is 1. The molecule has 0 aliphatic carbocycles. The Balaban J connectivity index is 1.60. The molecule has 126 valence electrons. The van der Waals surface area contributed by atoms with Gasteiger partial charge in [-0.15, -0.1) is 0 Å². The van der Waals surface area contributed by atoms with Crippen molar-refractivity contribution >= 4 is 5.82 Å². The lowest BCUT2D eigenvalue weighted by molar-refractivity contribution is 0.168. The number of hydrogen-bond donors (Lipinski definition) is 1. The molecular weight excluding hydrogens is 298 g/mol. The monoisotopic (exact) mass is 323 g/mol. The van der Waals surface area contributed by atoms with Crippen molar-refractivity contribution in [1.82, 2.24) is 19.9 Å². The van der Waals surface area contributed by atoms with E-state index in [9.17, 15) is 0 Å². The van der Waals surface area contributed by atoms with Crippen LogP contribution < -0.4 is 5.32 Å².